The first kappa shape index (κ1) is 13.8. The summed E-state index contributed by atoms with van der Waals surface area (Å²) in [5.41, 5.74) is 1.02. The van der Waals surface area contributed by atoms with Gasteiger partial charge in [0.2, 0.25) is 0 Å². The Hall–Kier alpha value is -1.62. The monoisotopic (exact) mass is 264 g/mol. The zero-order valence-electron chi connectivity index (χ0n) is 11.3. The largest absolute Gasteiger partial charge is 0.485 e. The molecule has 0 atom stereocenters. The van der Waals surface area contributed by atoms with Crippen LogP contribution in [0.25, 0.3) is 0 Å². The number of benzene rings is 1. The van der Waals surface area contributed by atoms with Crippen molar-refractivity contribution in [3.8, 4) is 5.75 Å². The van der Waals surface area contributed by atoms with Gasteiger partial charge in [-0.1, -0.05) is 12.5 Å². The Bertz CT molecular complexity index is 442. The minimum atomic E-state index is -0.393. The molecule has 0 N–H and O–H groups in total. The Morgan fingerprint density at radius 1 is 1.32 bits per heavy atom. The van der Waals surface area contributed by atoms with E-state index in [1.165, 1.54) is 25.3 Å². The number of aryl methyl sites for hydroxylation is 1. The molecule has 0 aliphatic carbocycles. The minimum absolute atomic E-state index is 0.0456. The van der Waals surface area contributed by atoms with Crippen LogP contribution >= 0.6 is 0 Å². The van der Waals surface area contributed by atoms with Crippen molar-refractivity contribution in [2.24, 2.45) is 0 Å². The van der Waals surface area contributed by atoms with Crippen molar-refractivity contribution >= 4 is 5.69 Å². The lowest BCUT2D eigenvalue weighted by Crippen LogP contribution is -2.33. The van der Waals surface area contributed by atoms with Crippen LogP contribution in [0.3, 0.4) is 0 Å². The quantitative estimate of drug-likeness (QED) is 0.606. The number of piperidine rings is 1. The summed E-state index contributed by atoms with van der Waals surface area (Å²) >= 11 is 0. The van der Waals surface area contributed by atoms with Gasteiger partial charge in [-0.2, -0.15) is 0 Å². The Labute approximate surface area is 113 Å². The van der Waals surface area contributed by atoms with Gasteiger partial charge in [-0.25, -0.2) is 0 Å². The molecule has 1 aromatic carbocycles. The molecule has 1 fully saturated rings. The van der Waals surface area contributed by atoms with Gasteiger partial charge in [0.05, 0.1) is 4.92 Å². The Morgan fingerprint density at radius 3 is 2.74 bits per heavy atom. The molecule has 0 aromatic heterocycles. The number of rotatable bonds is 5. The first-order chi connectivity index (χ1) is 9.16. The van der Waals surface area contributed by atoms with Crippen LogP contribution in [0.2, 0.25) is 0 Å². The molecule has 1 saturated heterocycles. The van der Waals surface area contributed by atoms with Crippen molar-refractivity contribution in [2.45, 2.75) is 26.2 Å². The highest BCUT2D eigenvalue weighted by Gasteiger charge is 2.15. The van der Waals surface area contributed by atoms with Crippen molar-refractivity contribution in [1.82, 2.24) is 4.90 Å². The molecule has 0 unspecified atom stereocenters. The van der Waals surface area contributed by atoms with E-state index < -0.39 is 4.92 Å². The molecule has 0 spiro atoms. The topological polar surface area (TPSA) is 55.6 Å². The molecule has 0 amide bonds. The van der Waals surface area contributed by atoms with Crippen molar-refractivity contribution in [3.05, 3.63) is 33.9 Å². The summed E-state index contributed by atoms with van der Waals surface area (Å²) < 4.78 is 5.60. The smallest absolute Gasteiger partial charge is 0.310 e. The van der Waals surface area contributed by atoms with Gasteiger partial charge >= 0.3 is 5.69 Å². The van der Waals surface area contributed by atoms with E-state index in [0.717, 1.165) is 25.2 Å². The van der Waals surface area contributed by atoms with Crippen LogP contribution in [0.4, 0.5) is 5.69 Å². The van der Waals surface area contributed by atoms with Gasteiger partial charge in [0.15, 0.2) is 5.75 Å². The average Bonchev–Trinajstić information content (AvgIpc) is 2.39. The van der Waals surface area contributed by atoms with Crippen molar-refractivity contribution in [3.63, 3.8) is 0 Å². The third-order valence-corrected chi connectivity index (χ3v) is 3.43. The first-order valence-corrected chi connectivity index (χ1v) is 6.77. The van der Waals surface area contributed by atoms with E-state index >= 15 is 0 Å². The van der Waals surface area contributed by atoms with Gasteiger partial charge in [-0.3, -0.25) is 15.0 Å². The van der Waals surface area contributed by atoms with Crippen LogP contribution < -0.4 is 4.74 Å². The average molecular weight is 264 g/mol. The lowest BCUT2D eigenvalue weighted by atomic mass is 10.1. The Morgan fingerprint density at radius 2 is 2.05 bits per heavy atom. The molecule has 19 heavy (non-hydrogen) atoms. The van der Waals surface area contributed by atoms with Gasteiger partial charge in [0, 0.05) is 12.6 Å². The second-order valence-electron chi connectivity index (χ2n) is 4.98. The van der Waals surface area contributed by atoms with E-state index in [1.54, 1.807) is 12.1 Å². The fourth-order valence-corrected chi connectivity index (χ4v) is 2.36. The van der Waals surface area contributed by atoms with Crippen LogP contribution in [0, 0.1) is 17.0 Å². The fourth-order valence-electron chi connectivity index (χ4n) is 2.36. The van der Waals surface area contributed by atoms with Crippen LogP contribution in [0.15, 0.2) is 18.2 Å². The highest BCUT2D eigenvalue weighted by atomic mass is 16.6. The molecule has 0 radical (unpaired) electrons. The third kappa shape index (κ3) is 3.92. The lowest BCUT2D eigenvalue weighted by Gasteiger charge is -2.26. The molecule has 1 aliphatic heterocycles. The molecule has 5 nitrogen and oxygen atoms in total. The summed E-state index contributed by atoms with van der Waals surface area (Å²) in [4.78, 5) is 12.9. The molecule has 5 heteroatoms. The SMILES string of the molecule is Cc1ccc([N+](=O)[O-])c(OCCN2CCCCC2)c1. The number of nitro benzene ring substituents is 1. The zero-order valence-corrected chi connectivity index (χ0v) is 11.3. The van der Waals surface area contributed by atoms with Gasteiger partial charge in [0.25, 0.3) is 0 Å². The fraction of sp³-hybridized carbons (Fsp3) is 0.571. The summed E-state index contributed by atoms with van der Waals surface area (Å²) in [6.45, 7) is 5.47. The molecule has 0 bridgehead atoms. The number of nitro groups is 1. The van der Waals surface area contributed by atoms with E-state index in [0.29, 0.717) is 12.4 Å². The van der Waals surface area contributed by atoms with Gasteiger partial charge in [-0.05, 0) is 44.5 Å². The molecule has 104 valence electrons. The molecule has 0 saturated carbocycles. The predicted octanol–water partition coefficient (Wildman–Crippen LogP) is 2.77. The third-order valence-electron chi connectivity index (χ3n) is 3.43. The maximum absolute atomic E-state index is 10.9. The Kier molecular flexibility index (Phi) is 4.74. The molecule has 1 heterocycles. The van der Waals surface area contributed by atoms with Gasteiger partial charge in [-0.15, -0.1) is 0 Å². The Balaban J connectivity index is 1.91. The maximum atomic E-state index is 10.9. The molecular weight excluding hydrogens is 244 g/mol. The summed E-state index contributed by atoms with van der Waals surface area (Å²) in [6.07, 6.45) is 3.79. The number of hydrogen-bond donors (Lipinski definition) is 0. The van der Waals surface area contributed by atoms with E-state index in [2.05, 4.69) is 4.90 Å². The predicted molar refractivity (Wildman–Crippen MR) is 73.6 cm³/mol. The molecule has 2 rings (SSSR count). The van der Waals surface area contributed by atoms with E-state index in [4.69, 9.17) is 4.74 Å². The van der Waals surface area contributed by atoms with Crippen LogP contribution in [0.5, 0.6) is 5.75 Å². The number of hydrogen-bond acceptors (Lipinski definition) is 4. The van der Waals surface area contributed by atoms with Crippen LogP contribution in [-0.4, -0.2) is 36.1 Å². The summed E-state index contributed by atoms with van der Waals surface area (Å²) in [5, 5.41) is 10.9. The number of nitrogens with zero attached hydrogens (tertiary/aromatic N) is 2. The van der Waals surface area contributed by atoms with Gasteiger partial charge < -0.3 is 4.74 Å². The second-order valence-corrected chi connectivity index (χ2v) is 4.98. The zero-order chi connectivity index (χ0) is 13.7. The van der Waals surface area contributed by atoms with E-state index in [-0.39, 0.29) is 5.69 Å². The van der Waals surface area contributed by atoms with E-state index in [9.17, 15) is 10.1 Å². The van der Waals surface area contributed by atoms with Crippen LogP contribution in [-0.2, 0) is 0 Å². The van der Waals surface area contributed by atoms with E-state index in [1.807, 2.05) is 6.92 Å². The summed E-state index contributed by atoms with van der Waals surface area (Å²) in [7, 11) is 0. The standard InChI is InChI=1S/C14H20N2O3/c1-12-5-6-13(16(17)18)14(11-12)19-10-9-15-7-3-2-4-8-15/h5-6,11H,2-4,7-10H2,1H3. The maximum Gasteiger partial charge on any atom is 0.310 e. The van der Waals surface area contributed by atoms with Crippen molar-refractivity contribution < 1.29 is 9.66 Å². The van der Waals surface area contributed by atoms with Crippen molar-refractivity contribution in [1.29, 1.82) is 0 Å². The summed E-state index contributed by atoms with van der Waals surface area (Å²) in [6, 6.07) is 4.97. The highest BCUT2D eigenvalue weighted by Crippen LogP contribution is 2.27. The highest BCUT2D eigenvalue weighted by molar-refractivity contribution is 5.48. The van der Waals surface area contributed by atoms with Gasteiger partial charge in [0.1, 0.15) is 6.61 Å². The first-order valence-electron chi connectivity index (χ1n) is 6.77. The normalized spacial score (nSPS) is 16.3. The molecule has 1 aliphatic rings. The number of ether oxygens (including phenoxy) is 1. The lowest BCUT2D eigenvalue weighted by molar-refractivity contribution is -0.385. The minimum Gasteiger partial charge on any atom is -0.485 e. The van der Waals surface area contributed by atoms with Crippen molar-refractivity contribution in [2.75, 3.05) is 26.2 Å². The van der Waals surface area contributed by atoms with Crippen LogP contribution in [0.1, 0.15) is 24.8 Å². The second kappa shape index (κ2) is 6.52. The molecular formula is C14H20N2O3. The molecule has 1 aromatic rings. The number of likely N-dealkylation sites (tertiary alicyclic amines) is 1. The summed E-state index contributed by atoms with van der Waals surface area (Å²) in [5.74, 6) is 0.377.